The fourth-order valence-corrected chi connectivity index (χ4v) is 1.35. The minimum absolute atomic E-state index is 0.333. The molecule has 82 valence electrons. The zero-order valence-corrected chi connectivity index (χ0v) is 11.3. The number of rotatable bonds is 2. The van der Waals surface area contributed by atoms with Crippen molar-refractivity contribution in [2.45, 2.75) is 10.3 Å². The molecule has 1 rings (SSSR count). The van der Waals surface area contributed by atoms with Crippen LogP contribution in [0.15, 0.2) is 28.7 Å². The lowest BCUT2D eigenvalue weighted by Crippen LogP contribution is -2.33. The Morgan fingerprint density at radius 2 is 1.80 bits per heavy atom. The molecule has 1 aromatic carbocycles. The highest BCUT2D eigenvalue weighted by molar-refractivity contribution is 9.10. The van der Waals surface area contributed by atoms with Gasteiger partial charge in [-0.2, -0.15) is 0 Å². The van der Waals surface area contributed by atoms with Gasteiger partial charge in [0.1, 0.15) is 0 Å². The average molecular weight is 331 g/mol. The van der Waals surface area contributed by atoms with E-state index in [0.29, 0.717) is 6.54 Å². The van der Waals surface area contributed by atoms with E-state index < -0.39 is 9.70 Å². The normalized spacial score (nSPS) is 11.2. The van der Waals surface area contributed by atoms with Crippen molar-refractivity contribution in [1.29, 1.82) is 0 Å². The van der Waals surface area contributed by atoms with Crippen LogP contribution in [0.1, 0.15) is 5.56 Å². The molecule has 1 N–H and O–H groups in total. The molecule has 6 heteroatoms. The molecule has 0 bridgehead atoms. The Hall–Kier alpha value is 0.0400. The number of amides is 1. The summed E-state index contributed by atoms with van der Waals surface area (Å²) in [5.74, 6) is -0.629. The van der Waals surface area contributed by atoms with Crippen LogP contribution in [-0.2, 0) is 11.3 Å². The van der Waals surface area contributed by atoms with Crippen LogP contribution < -0.4 is 5.32 Å². The molecule has 2 nitrogen and oxygen atoms in total. The van der Waals surface area contributed by atoms with Gasteiger partial charge >= 0.3 is 0 Å². The van der Waals surface area contributed by atoms with Gasteiger partial charge in [0.25, 0.3) is 9.70 Å². The SMILES string of the molecule is O=C(NCc1ccc(Br)cc1)C(Cl)(Cl)Cl. The summed E-state index contributed by atoms with van der Waals surface area (Å²) in [6, 6.07) is 7.47. The molecule has 1 amide bonds. The quantitative estimate of drug-likeness (QED) is 0.827. The monoisotopic (exact) mass is 329 g/mol. The standard InChI is InChI=1S/C9H7BrCl3NO/c10-7-3-1-6(2-4-7)5-14-8(15)9(11,12)13/h1-4H,5H2,(H,14,15). The van der Waals surface area contributed by atoms with E-state index in [9.17, 15) is 4.79 Å². The van der Waals surface area contributed by atoms with Gasteiger partial charge in [0.05, 0.1) is 0 Å². The van der Waals surface area contributed by atoms with E-state index in [4.69, 9.17) is 34.8 Å². The van der Waals surface area contributed by atoms with Crippen LogP contribution >= 0.6 is 50.7 Å². The Labute approximate surface area is 111 Å². The summed E-state index contributed by atoms with van der Waals surface area (Å²) in [5, 5.41) is 2.51. The Morgan fingerprint density at radius 3 is 2.27 bits per heavy atom. The first-order valence-corrected chi connectivity index (χ1v) is 5.92. The van der Waals surface area contributed by atoms with Crippen LogP contribution in [-0.4, -0.2) is 9.70 Å². The summed E-state index contributed by atoms with van der Waals surface area (Å²) in [5.41, 5.74) is 0.931. The summed E-state index contributed by atoms with van der Waals surface area (Å²) in [6.07, 6.45) is 0. The maximum atomic E-state index is 11.2. The molecule has 0 aliphatic rings. The van der Waals surface area contributed by atoms with E-state index in [1.807, 2.05) is 24.3 Å². The van der Waals surface area contributed by atoms with Crippen molar-refractivity contribution in [3.05, 3.63) is 34.3 Å². The predicted octanol–water partition coefficient (Wildman–Crippen LogP) is 3.44. The van der Waals surface area contributed by atoms with Gasteiger partial charge < -0.3 is 5.32 Å². The third-order valence-corrected chi connectivity index (χ3v) is 2.67. The van der Waals surface area contributed by atoms with Crippen LogP contribution in [0, 0.1) is 0 Å². The van der Waals surface area contributed by atoms with Gasteiger partial charge in [0.15, 0.2) is 0 Å². The zero-order valence-electron chi connectivity index (χ0n) is 7.44. The maximum Gasteiger partial charge on any atom is 0.272 e. The summed E-state index contributed by atoms with van der Waals surface area (Å²) in [6.45, 7) is 0.333. The topological polar surface area (TPSA) is 29.1 Å². The molecule has 0 fully saturated rings. The number of carbonyl (C=O) groups is 1. The van der Waals surface area contributed by atoms with Gasteiger partial charge in [-0.1, -0.05) is 62.9 Å². The molecule has 0 spiro atoms. The second kappa shape index (κ2) is 5.39. The van der Waals surface area contributed by atoms with Crippen molar-refractivity contribution in [1.82, 2.24) is 5.32 Å². The molecule has 0 radical (unpaired) electrons. The van der Waals surface area contributed by atoms with Gasteiger partial charge in [-0.15, -0.1) is 0 Å². The van der Waals surface area contributed by atoms with Crippen LogP contribution in [0.25, 0.3) is 0 Å². The average Bonchev–Trinajstić information content (AvgIpc) is 2.15. The number of nitrogens with one attached hydrogen (secondary N) is 1. The highest BCUT2D eigenvalue weighted by Gasteiger charge is 2.29. The third kappa shape index (κ3) is 4.60. The maximum absolute atomic E-state index is 11.2. The minimum Gasteiger partial charge on any atom is -0.348 e. The smallest absolute Gasteiger partial charge is 0.272 e. The molecule has 15 heavy (non-hydrogen) atoms. The highest BCUT2D eigenvalue weighted by Crippen LogP contribution is 2.25. The Kier molecular flexibility index (Phi) is 4.71. The van der Waals surface area contributed by atoms with Crippen molar-refractivity contribution >= 4 is 56.6 Å². The largest absolute Gasteiger partial charge is 0.348 e. The zero-order chi connectivity index (χ0) is 11.5. The number of alkyl halides is 3. The van der Waals surface area contributed by atoms with Crippen molar-refractivity contribution in [3.63, 3.8) is 0 Å². The van der Waals surface area contributed by atoms with Crippen molar-refractivity contribution in [2.24, 2.45) is 0 Å². The van der Waals surface area contributed by atoms with E-state index in [-0.39, 0.29) is 0 Å². The fraction of sp³-hybridized carbons (Fsp3) is 0.222. The summed E-state index contributed by atoms with van der Waals surface area (Å²) >= 11 is 19.5. The number of benzene rings is 1. The van der Waals surface area contributed by atoms with Crippen LogP contribution in [0.2, 0.25) is 0 Å². The van der Waals surface area contributed by atoms with Gasteiger partial charge in [-0.3, -0.25) is 4.79 Å². The molecule has 0 heterocycles. The van der Waals surface area contributed by atoms with Gasteiger partial charge in [0.2, 0.25) is 0 Å². The van der Waals surface area contributed by atoms with Crippen molar-refractivity contribution in [2.75, 3.05) is 0 Å². The van der Waals surface area contributed by atoms with E-state index in [2.05, 4.69) is 21.2 Å². The van der Waals surface area contributed by atoms with E-state index in [1.165, 1.54) is 0 Å². The number of hydrogen-bond acceptors (Lipinski definition) is 1. The fourth-order valence-electron chi connectivity index (χ4n) is 0.885. The van der Waals surface area contributed by atoms with Crippen LogP contribution in [0.3, 0.4) is 0 Å². The first kappa shape index (κ1) is 13.1. The Balaban J connectivity index is 2.51. The first-order valence-electron chi connectivity index (χ1n) is 3.99. The second-order valence-electron chi connectivity index (χ2n) is 2.81. The Bertz CT molecular complexity index is 347. The summed E-state index contributed by atoms with van der Waals surface area (Å²) in [7, 11) is 0. The molecule has 1 aromatic rings. The van der Waals surface area contributed by atoms with Gasteiger partial charge in [0, 0.05) is 11.0 Å². The number of hydrogen-bond donors (Lipinski definition) is 1. The molecule has 0 unspecified atom stereocenters. The predicted molar refractivity (Wildman–Crippen MR) is 66.3 cm³/mol. The molecular weight excluding hydrogens is 324 g/mol. The summed E-state index contributed by atoms with van der Waals surface area (Å²) < 4.78 is -0.936. The lowest BCUT2D eigenvalue weighted by Gasteiger charge is -2.11. The molecule has 0 saturated heterocycles. The first-order chi connectivity index (χ1) is 6.89. The van der Waals surface area contributed by atoms with Gasteiger partial charge in [-0.25, -0.2) is 0 Å². The van der Waals surface area contributed by atoms with E-state index in [0.717, 1.165) is 10.0 Å². The lowest BCUT2D eigenvalue weighted by molar-refractivity contribution is -0.120. The highest BCUT2D eigenvalue weighted by atomic mass is 79.9. The van der Waals surface area contributed by atoms with E-state index >= 15 is 0 Å². The van der Waals surface area contributed by atoms with Gasteiger partial charge in [-0.05, 0) is 17.7 Å². The molecule has 0 aromatic heterocycles. The third-order valence-electron chi connectivity index (χ3n) is 1.62. The lowest BCUT2D eigenvalue weighted by atomic mass is 10.2. The van der Waals surface area contributed by atoms with Crippen LogP contribution in [0.4, 0.5) is 0 Å². The number of carbonyl (C=O) groups excluding carboxylic acids is 1. The Morgan fingerprint density at radius 1 is 1.27 bits per heavy atom. The minimum atomic E-state index is -1.91. The summed E-state index contributed by atoms with van der Waals surface area (Å²) in [4.78, 5) is 11.2. The van der Waals surface area contributed by atoms with Crippen LogP contribution in [0.5, 0.6) is 0 Å². The second-order valence-corrected chi connectivity index (χ2v) is 6.00. The number of halogens is 4. The van der Waals surface area contributed by atoms with Crippen molar-refractivity contribution < 1.29 is 4.79 Å². The van der Waals surface area contributed by atoms with E-state index in [1.54, 1.807) is 0 Å². The molecular formula is C9H7BrCl3NO. The molecule has 0 saturated carbocycles. The molecule has 0 atom stereocenters. The molecule has 0 aliphatic heterocycles. The molecule has 0 aliphatic carbocycles. The van der Waals surface area contributed by atoms with Crippen molar-refractivity contribution in [3.8, 4) is 0 Å².